The number of amides is 2. The van der Waals surface area contributed by atoms with Crippen molar-refractivity contribution in [2.75, 3.05) is 6.79 Å². The van der Waals surface area contributed by atoms with E-state index in [-0.39, 0.29) is 6.79 Å². The molecule has 1 aliphatic rings. The number of fused-ring (bicyclic) bond motifs is 1. The number of benzene rings is 2. The Morgan fingerprint density at radius 3 is 2.54 bits per heavy atom. The topological polar surface area (TPSA) is 76.7 Å². The summed E-state index contributed by atoms with van der Waals surface area (Å²) < 4.78 is 10.4. The maximum atomic E-state index is 12.0. The Morgan fingerprint density at radius 1 is 1.00 bits per heavy atom. The number of hydrazine groups is 1. The molecule has 0 atom stereocenters. The van der Waals surface area contributed by atoms with E-state index in [9.17, 15) is 9.59 Å². The summed E-state index contributed by atoms with van der Waals surface area (Å²) in [6.45, 7) is 2.13. The van der Waals surface area contributed by atoms with Crippen LogP contribution in [0.3, 0.4) is 0 Å². The number of carbonyl (C=O) groups is 2. The van der Waals surface area contributed by atoms with E-state index >= 15 is 0 Å². The van der Waals surface area contributed by atoms with Crippen molar-refractivity contribution < 1.29 is 19.1 Å². The van der Waals surface area contributed by atoms with E-state index in [0.717, 1.165) is 11.1 Å². The molecule has 1 heterocycles. The zero-order valence-electron chi connectivity index (χ0n) is 13.0. The first kappa shape index (κ1) is 15.6. The fourth-order valence-corrected chi connectivity index (χ4v) is 2.12. The lowest BCUT2D eigenvalue weighted by Crippen LogP contribution is -2.40. The van der Waals surface area contributed by atoms with Gasteiger partial charge in [-0.05, 0) is 36.8 Å². The molecule has 122 valence electrons. The first-order valence-corrected chi connectivity index (χ1v) is 7.36. The number of ether oxygens (including phenoxy) is 2. The van der Waals surface area contributed by atoms with Crippen molar-refractivity contribution in [2.45, 2.75) is 6.92 Å². The van der Waals surface area contributed by atoms with E-state index in [1.54, 1.807) is 24.3 Å². The molecule has 0 unspecified atom stereocenters. The number of hydrogen-bond donors (Lipinski definition) is 2. The van der Waals surface area contributed by atoms with Crippen LogP contribution < -0.4 is 20.3 Å². The van der Waals surface area contributed by atoms with E-state index in [1.165, 1.54) is 6.08 Å². The van der Waals surface area contributed by atoms with Crippen LogP contribution in [0, 0.1) is 6.92 Å². The minimum atomic E-state index is -0.439. The molecule has 2 amide bonds. The molecule has 6 heteroatoms. The lowest BCUT2D eigenvalue weighted by atomic mass is 10.1. The lowest BCUT2D eigenvalue weighted by molar-refractivity contribution is -0.117. The van der Waals surface area contributed by atoms with Gasteiger partial charge in [-0.2, -0.15) is 0 Å². The molecular weight excluding hydrogens is 308 g/mol. The van der Waals surface area contributed by atoms with Crippen LogP contribution in [0.1, 0.15) is 21.5 Å². The minimum Gasteiger partial charge on any atom is -0.454 e. The first-order chi connectivity index (χ1) is 11.6. The standard InChI is InChI=1S/C18H16N2O4/c1-12-2-4-13(5-3-12)6-9-17(21)19-20-18(22)14-7-8-15-16(10-14)24-11-23-15/h2-10H,11H2,1H3,(H,19,21)(H,20,22)/b9-6+. The molecule has 1 aliphatic heterocycles. The largest absolute Gasteiger partial charge is 0.454 e. The number of aryl methyl sites for hydroxylation is 1. The van der Waals surface area contributed by atoms with Gasteiger partial charge in [0, 0.05) is 11.6 Å². The van der Waals surface area contributed by atoms with Crippen molar-refractivity contribution >= 4 is 17.9 Å². The second-order valence-corrected chi connectivity index (χ2v) is 5.26. The smallest absolute Gasteiger partial charge is 0.269 e. The second kappa shape index (κ2) is 6.87. The number of nitrogens with one attached hydrogen (secondary N) is 2. The second-order valence-electron chi connectivity index (χ2n) is 5.26. The fourth-order valence-electron chi connectivity index (χ4n) is 2.12. The first-order valence-electron chi connectivity index (χ1n) is 7.36. The van der Waals surface area contributed by atoms with E-state index < -0.39 is 11.8 Å². The maximum Gasteiger partial charge on any atom is 0.269 e. The molecule has 0 spiro atoms. The van der Waals surface area contributed by atoms with Crippen molar-refractivity contribution in [1.29, 1.82) is 0 Å². The maximum absolute atomic E-state index is 12.0. The van der Waals surface area contributed by atoms with Crippen LogP contribution in [0.2, 0.25) is 0 Å². The monoisotopic (exact) mass is 324 g/mol. The molecule has 0 aliphatic carbocycles. The minimum absolute atomic E-state index is 0.140. The highest BCUT2D eigenvalue weighted by Crippen LogP contribution is 2.32. The third kappa shape index (κ3) is 3.73. The van der Waals surface area contributed by atoms with Crippen LogP contribution in [0.5, 0.6) is 11.5 Å². The average Bonchev–Trinajstić information content (AvgIpc) is 3.06. The van der Waals surface area contributed by atoms with Gasteiger partial charge in [-0.15, -0.1) is 0 Å². The Bertz CT molecular complexity index is 797. The predicted octanol–water partition coefficient (Wildman–Crippen LogP) is 2.20. The molecule has 2 aromatic carbocycles. The molecule has 3 rings (SSSR count). The number of carbonyl (C=O) groups excluding carboxylic acids is 2. The summed E-state index contributed by atoms with van der Waals surface area (Å²) in [5.41, 5.74) is 7.09. The third-order valence-corrected chi connectivity index (χ3v) is 3.44. The van der Waals surface area contributed by atoms with Crippen molar-refractivity contribution in [3.05, 3.63) is 65.2 Å². The van der Waals surface area contributed by atoms with Crippen LogP contribution in [0.25, 0.3) is 6.08 Å². The Morgan fingerprint density at radius 2 is 1.75 bits per heavy atom. The molecule has 2 N–H and O–H groups in total. The van der Waals surface area contributed by atoms with Crippen molar-refractivity contribution in [3.8, 4) is 11.5 Å². The van der Waals surface area contributed by atoms with Crippen molar-refractivity contribution in [2.24, 2.45) is 0 Å². The quantitative estimate of drug-likeness (QED) is 0.670. The summed E-state index contributed by atoms with van der Waals surface area (Å²) in [5, 5.41) is 0. The highest BCUT2D eigenvalue weighted by Gasteiger charge is 2.16. The SMILES string of the molecule is Cc1ccc(/C=C/C(=O)NNC(=O)c2ccc3c(c2)OCO3)cc1. The fraction of sp³-hybridized carbons (Fsp3) is 0.111. The van der Waals surface area contributed by atoms with Gasteiger partial charge in [-0.3, -0.25) is 20.4 Å². The third-order valence-electron chi connectivity index (χ3n) is 3.44. The normalized spacial score (nSPS) is 12.2. The van der Waals surface area contributed by atoms with Crippen molar-refractivity contribution in [1.82, 2.24) is 10.9 Å². The van der Waals surface area contributed by atoms with Gasteiger partial charge < -0.3 is 9.47 Å². The van der Waals surface area contributed by atoms with E-state index in [1.807, 2.05) is 31.2 Å². The van der Waals surface area contributed by atoms with E-state index in [2.05, 4.69) is 10.9 Å². The van der Waals surface area contributed by atoms with Crippen LogP contribution in [0.15, 0.2) is 48.5 Å². The molecule has 2 aromatic rings. The van der Waals surface area contributed by atoms with Gasteiger partial charge in [0.2, 0.25) is 6.79 Å². The van der Waals surface area contributed by atoms with E-state index in [0.29, 0.717) is 17.1 Å². The van der Waals surface area contributed by atoms with Crippen LogP contribution in [-0.2, 0) is 4.79 Å². The summed E-state index contributed by atoms with van der Waals surface area (Å²) in [5.74, 6) is 0.236. The van der Waals surface area contributed by atoms with Gasteiger partial charge in [-0.1, -0.05) is 29.8 Å². The molecule has 0 fully saturated rings. The van der Waals surface area contributed by atoms with E-state index in [4.69, 9.17) is 9.47 Å². The Labute approximate surface area is 139 Å². The molecule has 0 aromatic heterocycles. The molecule has 0 saturated heterocycles. The average molecular weight is 324 g/mol. The van der Waals surface area contributed by atoms with Gasteiger partial charge in [0.25, 0.3) is 11.8 Å². The molecule has 0 radical (unpaired) electrons. The summed E-state index contributed by atoms with van der Waals surface area (Å²) in [6, 6.07) is 12.5. The summed E-state index contributed by atoms with van der Waals surface area (Å²) in [4.78, 5) is 23.8. The predicted molar refractivity (Wildman–Crippen MR) is 88.4 cm³/mol. The van der Waals surface area contributed by atoms with Gasteiger partial charge in [-0.25, -0.2) is 0 Å². The summed E-state index contributed by atoms with van der Waals surface area (Å²) in [6.07, 6.45) is 3.02. The van der Waals surface area contributed by atoms with Crippen LogP contribution >= 0.6 is 0 Å². The zero-order valence-corrected chi connectivity index (χ0v) is 13.0. The molecular formula is C18H16N2O4. The zero-order chi connectivity index (χ0) is 16.9. The Balaban J connectivity index is 1.54. The van der Waals surface area contributed by atoms with Crippen LogP contribution in [0.4, 0.5) is 0 Å². The highest BCUT2D eigenvalue weighted by atomic mass is 16.7. The number of hydrogen-bond acceptors (Lipinski definition) is 4. The Kier molecular flexibility index (Phi) is 4.47. The van der Waals surface area contributed by atoms with Gasteiger partial charge in [0.15, 0.2) is 11.5 Å². The van der Waals surface area contributed by atoms with Gasteiger partial charge >= 0.3 is 0 Å². The van der Waals surface area contributed by atoms with Gasteiger partial charge in [0.05, 0.1) is 0 Å². The molecule has 24 heavy (non-hydrogen) atoms. The van der Waals surface area contributed by atoms with Crippen molar-refractivity contribution in [3.63, 3.8) is 0 Å². The molecule has 0 saturated carbocycles. The highest BCUT2D eigenvalue weighted by molar-refractivity contribution is 5.98. The molecule has 6 nitrogen and oxygen atoms in total. The lowest BCUT2D eigenvalue weighted by Gasteiger charge is -2.06. The molecule has 0 bridgehead atoms. The summed E-state index contributed by atoms with van der Waals surface area (Å²) >= 11 is 0. The number of rotatable bonds is 3. The summed E-state index contributed by atoms with van der Waals surface area (Å²) in [7, 11) is 0. The van der Waals surface area contributed by atoms with Gasteiger partial charge in [0.1, 0.15) is 0 Å². The van der Waals surface area contributed by atoms with Crippen LogP contribution in [-0.4, -0.2) is 18.6 Å². The Hall–Kier alpha value is -3.28.